The quantitative estimate of drug-likeness (QED) is 0.167. The second kappa shape index (κ2) is 11.3. The molecule has 0 aliphatic carbocycles. The first-order valence-electron chi connectivity index (χ1n) is 12.0. The fourth-order valence-electron chi connectivity index (χ4n) is 4.68. The first kappa shape index (κ1) is 25.3. The molecule has 1 amide bonds. The van der Waals surface area contributed by atoms with Gasteiger partial charge in [0.2, 0.25) is 5.91 Å². The third-order valence-electron chi connectivity index (χ3n) is 6.90. The lowest BCUT2D eigenvalue weighted by Gasteiger charge is -2.35. The molecule has 4 N–H and O–H groups in total. The van der Waals surface area contributed by atoms with Gasteiger partial charge in [0.15, 0.2) is 0 Å². The maximum Gasteiger partial charge on any atom is 0.238 e. The standard InChI is InChI=1S/C26H34BrN7O/c1-32(17-27)21-11-13-34(14-12-21)16-25(35)30-20-8-9-23-22(15-20)31-24(33(23)2)10-5-18-3-6-19(7-4-18)26(28)29/h3-4,6-9,15,21H,5,10-14,16-17H2,1-2H3,(H3,28,29)(H,30,35). The summed E-state index contributed by atoms with van der Waals surface area (Å²) in [6.45, 7) is 2.30. The number of nitrogen functional groups attached to an aromatic ring is 1. The highest BCUT2D eigenvalue weighted by Gasteiger charge is 2.23. The molecule has 0 atom stereocenters. The molecule has 0 unspecified atom stereocenters. The lowest BCUT2D eigenvalue weighted by atomic mass is 10.0. The average molecular weight is 541 g/mol. The van der Waals surface area contributed by atoms with Crippen LogP contribution in [-0.4, -0.2) is 69.3 Å². The predicted octanol–water partition coefficient (Wildman–Crippen LogP) is 3.33. The number of nitrogens with zero attached hydrogens (tertiary/aromatic N) is 4. The number of alkyl halides is 1. The van der Waals surface area contributed by atoms with Crippen molar-refractivity contribution < 1.29 is 4.79 Å². The molecule has 1 fully saturated rings. The van der Waals surface area contributed by atoms with Crippen molar-refractivity contribution in [3.63, 3.8) is 0 Å². The minimum Gasteiger partial charge on any atom is -0.384 e. The Labute approximate surface area is 215 Å². The van der Waals surface area contributed by atoms with Crippen molar-refractivity contribution in [2.75, 3.05) is 37.5 Å². The third-order valence-corrected chi connectivity index (χ3v) is 7.69. The normalized spacial score (nSPS) is 15.1. The van der Waals surface area contributed by atoms with Crippen LogP contribution in [0.25, 0.3) is 11.0 Å². The zero-order valence-corrected chi connectivity index (χ0v) is 22.0. The second-order valence-electron chi connectivity index (χ2n) is 9.33. The van der Waals surface area contributed by atoms with Crippen LogP contribution in [0.3, 0.4) is 0 Å². The molecule has 1 saturated heterocycles. The Hall–Kier alpha value is -2.75. The molecule has 2 heterocycles. The van der Waals surface area contributed by atoms with Gasteiger partial charge >= 0.3 is 0 Å². The summed E-state index contributed by atoms with van der Waals surface area (Å²) in [5.74, 6) is 1.09. The van der Waals surface area contributed by atoms with Crippen molar-refractivity contribution in [3.05, 3.63) is 59.4 Å². The van der Waals surface area contributed by atoms with Gasteiger partial charge in [-0.05, 0) is 50.1 Å². The van der Waals surface area contributed by atoms with E-state index in [2.05, 4.69) is 42.7 Å². The van der Waals surface area contributed by atoms with Crippen LogP contribution in [0.4, 0.5) is 5.69 Å². The number of piperidine rings is 1. The Bertz CT molecular complexity index is 1180. The number of likely N-dealkylation sites (tertiary alicyclic amines) is 1. The Morgan fingerprint density at radius 2 is 1.91 bits per heavy atom. The maximum atomic E-state index is 12.7. The Kier molecular flexibility index (Phi) is 8.20. The van der Waals surface area contributed by atoms with E-state index in [9.17, 15) is 4.79 Å². The summed E-state index contributed by atoms with van der Waals surface area (Å²) in [6, 6.07) is 14.3. The Morgan fingerprint density at radius 1 is 1.20 bits per heavy atom. The summed E-state index contributed by atoms with van der Waals surface area (Å²) in [5, 5.41) is 10.6. The highest BCUT2D eigenvalue weighted by molar-refractivity contribution is 9.09. The largest absolute Gasteiger partial charge is 0.384 e. The van der Waals surface area contributed by atoms with Gasteiger partial charge in [0, 0.05) is 43.9 Å². The van der Waals surface area contributed by atoms with Crippen LogP contribution in [0.5, 0.6) is 0 Å². The molecule has 1 aliphatic rings. The lowest BCUT2D eigenvalue weighted by molar-refractivity contribution is -0.117. The van der Waals surface area contributed by atoms with Crippen LogP contribution in [0.15, 0.2) is 42.5 Å². The number of aromatic nitrogens is 2. The fourth-order valence-corrected chi connectivity index (χ4v) is 5.09. The number of carbonyl (C=O) groups is 1. The maximum absolute atomic E-state index is 12.7. The summed E-state index contributed by atoms with van der Waals surface area (Å²) >= 11 is 3.52. The Balaban J connectivity index is 1.34. The summed E-state index contributed by atoms with van der Waals surface area (Å²) in [4.78, 5) is 22.0. The molecule has 2 aromatic carbocycles. The van der Waals surface area contributed by atoms with E-state index < -0.39 is 0 Å². The number of hydrogen-bond acceptors (Lipinski definition) is 5. The highest BCUT2D eigenvalue weighted by Crippen LogP contribution is 2.21. The molecule has 0 radical (unpaired) electrons. The lowest BCUT2D eigenvalue weighted by Crippen LogP contribution is -2.45. The van der Waals surface area contributed by atoms with Gasteiger partial charge in [-0.1, -0.05) is 40.2 Å². The summed E-state index contributed by atoms with van der Waals surface area (Å²) in [5.41, 5.74) is 11.0. The van der Waals surface area contributed by atoms with Crippen molar-refractivity contribution in [3.8, 4) is 0 Å². The van der Waals surface area contributed by atoms with E-state index in [-0.39, 0.29) is 11.7 Å². The fraction of sp³-hybridized carbons (Fsp3) is 0.423. The van der Waals surface area contributed by atoms with E-state index in [1.165, 1.54) is 5.56 Å². The number of amides is 1. The number of nitrogens with one attached hydrogen (secondary N) is 2. The number of anilines is 1. The average Bonchev–Trinajstić information content (AvgIpc) is 3.17. The van der Waals surface area contributed by atoms with E-state index in [1.54, 1.807) is 0 Å². The number of nitrogens with two attached hydrogens (primary N) is 1. The van der Waals surface area contributed by atoms with Gasteiger partial charge < -0.3 is 15.6 Å². The Morgan fingerprint density at radius 3 is 2.57 bits per heavy atom. The van der Waals surface area contributed by atoms with Gasteiger partial charge in [-0.25, -0.2) is 4.98 Å². The van der Waals surface area contributed by atoms with Gasteiger partial charge in [-0.2, -0.15) is 0 Å². The van der Waals surface area contributed by atoms with Crippen LogP contribution in [0, 0.1) is 5.41 Å². The number of halogens is 1. The SMILES string of the molecule is CN(CBr)C1CCN(CC(=O)Nc2ccc3c(c2)nc(CCc2ccc(C(=N)N)cc2)n3C)CC1. The molecule has 1 aliphatic heterocycles. The molecular weight excluding hydrogens is 506 g/mol. The molecule has 8 nitrogen and oxygen atoms in total. The van der Waals surface area contributed by atoms with E-state index >= 15 is 0 Å². The molecule has 0 saturated carbocycles. The number of aryl methyl sites for hydroxylation is 3. The first-order chi connectivity index (χ1) is 16.8. The topological polar surface area (TPSA) is 103 Å². The van der Waals surface area contributed by atoms with E-state index in [1.807, 2.05) is 49.5 Å². The number of imidazole rings is 1. The molecule has 4 rings (SSSR count). The summed E-state index contributed by atoms with van der Waals surface area (Å²) < 4.78 is 2.11. The van der Waals surface area contributed by atoms with Crippen molar-refractivity contribution in [2.45, 2.75) is 31.7 Å². The molecule has 3 aromatic rings. The number of amidine groups is 1. The van der Waals surface area contributed by atoms with Crippen LogP contribution in [0.2, 0.25) is 0 Å². The van der Waals surface area contributed by atoms with Gasteiger partial charge in [0.05, 0.1) is 23.0 Å². The van der Waals surface area contributed by atoms with Gasteiger partial charge in [0.25, 0.3) is 0 Å². The number of carbonyl (C=O) groups excluding carboxylic acids is 1. The zero-order chi connectivity index (χ0) is 24.9. The molecule has 0 spiro atoms. The highest BCUT2D eigenvalue weighted by atomic mass is 79.9. The van der Waals surface area contributed by atoms with Crippen LogP contribution < -0.4 is 11.1 Å². The van der Waals surface area contributed by atoms with Crippen molar-refractivity contribution in [1.29, 1.82) is 5.41 Å². The molecular formula is C26H34BrN7O. The van der Waals surface area contributed by atoms with Crippen LogP contribution in [0.1, 0.15) is 29.8 Å². The number of fused-ring (bicyclic) bond motifs is 1. The van der Waals surface area contributed by atoms with Crippen LogP contribution in [-0.2, 0) is 24.7 Å². The first-order valence-corrected chi connectivity index (χ1v) is 13.1. The van der Waals surface area contributed by atoms with Crippen molar-refractivity contribution >= 4 is 44.4 Å². The molecule has 9 heteroatoms. The van der Waals surface area contributed by atoms with E-state index in [0.717, 1.165) is 72.3 Å². The smallest absolute Gasteiger partial charge is 0.238 e. The van der Waals surface area contributed by atoms with Gasteiger partial charge in [0.1, 0.15) is 11.7 Å². The van der Waals surface area contributed by atoms with E-state index in [0.29, 0.717) is 12.6 Å². The van der Waals surface area contributed by atoms with E-state index in [4.69, 9.17) is 16.1 Å². The number of rotatable bonds is 9. The molecule has 35 heavy (non-hydrogen) atoms. The monoisotopic (exact) mass is 539 g/mol. The predicted molar refractivity (Wildman–Crippen MR) is 145 cm³/mol. The minimum atomic E-state index is 0.0156. The second-order valence-corrected chi connectivity index (χ2v) is 9.83. The molecule has 0 bridgehead atoms. The van der Waals surface area contributed by atoms with Crippen LogP contribution >= 0.6 is 15.9 Å². The van der Waals surface area contributed by atoms with Crippen molar-refractivity contribution in [2.24, 2.45) is 12.8 Å². The third kappa shape index (κ3) is 6.28. The summed E-state index contributed by atoms with van der Waals surface area (Å²) in [6.07, 6.45) is 3.81. The minimum absolute atomic E-state index is 0.0156. The molecule has 1 aromatic heterocycles. The van der Waals surface area contributed by atoms with Gasteiger partial charge in [-0.3, -0.25) is 20.0 Å². The van der Waals surface area contributed by atoms with Gasteiger partial charge in [-0.15, -0.1) is 0 Å². The van der Waals surface area contributed by atoms with Crippen molar-refractivity contribution in [1.82, 2.24) is 19.4 Å². The summed E-state index contributed by atoms with van der Waals surface area (Å²) in [7, 11) is 4.16. The zero-order valence-electron chi connectivity index (χ0n) is 20.4. The number of benzene rings is 2. The number of hydrogen-bond donors (Lipinski definition) is 3. The molecule has 186 valence electrons.